The summed E-state index contributed by atoms with van der Waals surface area (Å²) in [6.07, 6.45) is 4.64. The standard InChI is InChI=1S/C26H25N3O7/c1-16-11-12-18(14-21(16)29(34)35)27-23(30)15-36-26(33)22(13-17-7-3-2-4-8-17)28-24(31)19-9-5-6-10-20(19)25(28)32/h2-8,11-12,14,19-20,22H,9-10,13,15H2,1H3,(H,27,30)/t19-,20-,22+/m1/s1. The number of nitrogens with zero attached hydrogens (tertiary/aromatic N) is 2. The van der Waals surface area contributed by atoms with Gasteiger partial charge in [-0.2, -0.15) is 0 Å². The molecular weight excluding hydrogens is 466 g/mol. The molecule has 10 heteroatoms. The number of benzene rings is 2. The number of likely N-dealkylation sites (tertiary alicyclic amines) is 1. The van der Waals surface area contributed by atoms with Crippen LogP contribution in [0.2, 0.25) is 0 Å². The quantitative estimate of drug-likeness (QED) is 0.197. The molecule has 1 heterocycles. The number of allylic oxidation sites excluding steroid dienone is 2. The second kappa shape index (κ2) is 10.5. The Labute approximate surface area is 207 Å². The Bertz CT molecular complexity index is 1220. The first-order valence-electron chi connectivity index (χ1n) is 11.5. The van der Waals surface area contributed by atoms with E-state index in [1.165, 1.54) is 18.2 Å². The fourth-order valence-electron chi connectivity index (χ4n) is 4.56. The zero-order valence-electron chi connectivity index (χ0n) is 19.6. The van der Waals surface area contributed by atoms with Gasteiger partial charge in [-0.15, -0.1) is 0 Å². The number of hydrogen-bond acceptors (Lipinski definition) is 7. The maximum atomic E-state index is 13.1. The van der Waals surface area contributed by atoms with Gasteiger partial charge < -0.3 is 10.1 Å². The molecule has 36 heavy (non-hydrogen) atoms. The number of carbonyl (C=O) groups is 4. The van der Waals surface area contributed by atoms with Crippen molar-refractivity contribution in [3.8, 4) is 0 Å². The lowest BCUT2D eigenvalue weighted by atomic mass is 9.85. The van der Waals surface area contributed by atoms with E-state index in [2.05, 4.69) is 5.32 Å². The van der Waals surface area contributed by atoms with Crippen LogP contribution in [0.4, 0.5) is 11.4 Å². The van der Waals surface area contributed by atoms with Crippen LogP contribution in [0.25, 0.3) is 0 Å². The number of nitrogens with one attached hydrogen (secondary N) is 1. The summed E-state index contributed by atoms with van der Waals surface area (Å²) in [5.41, 5.74) is 1.18. The van der Waals surface area contributed by atoms with Crippen molar-refractivity contribution in [1.29, 1.82) is 0 Å². The molecule has 0 unspecified atom stereocenters. The van der Waals surface area contributed by atoms with Crippen LogP contribution in [0.1, 0.15) is 24.0 Å². The van der Waals surface area contributed by atoms with E-state index in [0.717, 1.165) is 10.5 Å². The first kappa shape index (κ1) is 24.8. The van der Waals surface area contributed by atoms with Gasteiger partial charge in [0.25, 0.3) is 11.6 Å². The van der Waals surface area contributed by atoms with E-state index in [4.69, 9.17) is 4.74 Å². The van der Waals surface area contributed by atoms with E-state index in [1.54, 1.807) is 31.2 Å². The molecule has 3 atom stereocenters. The topological polar surface area (TPSA) is 136 Å². The van der Waals surface area contributed by atoms with Gasteiger partial charge in [-0.3, -0.25) is 29.4 Å². The van der Waals surface area contributed by atoms with Crippen LogP contribution in [-0.2, 0) is 30.3 Å². The summed E-state index contributed by atoms with van der Waals surface area (Å²) < 4.78 is 5.23. The third kappa shape index (κ3) is 5.17. The van der Waals surface area contributed by atoms with Gasteiger partial charge >= 0.3 is 5.97 Å². The highest BCUT2D eigenvalue weighted by Gasteiger charge is 2.51. The van der Waals surface area contributed by atoms with Crippen molar-refractivity contribution in [3.05, 3.63) is 81.9 Å². The number of fused-ring (bicyclic) bond motifs is 1. The molecule has 1 saturated heterocycles. The monoisotopic (exact) mass is 491 g/mol. The smallest absolute Gasteiger partial charge is 0.330 e. The van der Waals surface area contributed by atoms with Crippen LogP contribution >= 0.6 is 0 Å². The summed E-state index contributed by atoms with van der Waals surface area (Å²) in [6.45, 7) is 0.891. The van der Waals surface area contributed by atoms with E-state index in [9.17, 15) is 29.3 Å². The predicted molar refractivity (Wildman–Crippen MR) is 129 cm³/mol. The van der Waals surface area contributed by atoms with Crippen molar-refractivity contribution in [2.24, 2.45) is 11.8 Å². The number of amides is 3. The van der Waals surface area contributed by atoms with Crippen molar-refractivity contribution in [2.75, 3.05) is 11.9 Å². The van der Waals surface area contributed by atoms with E-state index < -0.39 is 53.1 Å². The predicted octanol–water partition coefficient (Wildman–Crippen LogP) is 2.95. The Kier molecular flexibility index (Phi) is 7.23. The van der Waals surface area contributed by atoms with E-state index >= 15 is 0 Å². The Morgan fingerprint density at radius 2 is 1.72 bits per heavy atom. The van der Waals surface area contributed by atoms with Crippen LogP contribution in [0.15, 0.2) is 60.7 Å². The van der Waals surface area contributed by atoms with Gasteiger partial charge in [0.05, 0.1) is 16.8 Å². The number of anilines is 1. The largest absolute Gasteiger partial charge is 0.454 e. The van der Waals surface area contributed by atoms with Crippen LogP contribution in [0, 0.1) is 28.9 Å². The number of carbonyl (C=O) groups excluding carboxylic acids is 4. The van der Waals surface area contributed by atoms with Crippen LogP contribution in [0.3, 0.4) is 0 Å². The fourth-order valence-corrected chi connectivity index (χ4v) is 4.56. The number of esters is 1. The van der Waals surface area contributed by atoms with Gasteiger partial charge in [0.2, 0.25) is 11.8 Å². The van der Waals surface area contributed by atoms with E-state index in [1.807, 2.05) is 18.2 Å². The molecule has 1 N–H and O–H groups in total. The summed E-state index contributed by atoms with van der Waals surface area (Å²) in [6, 6.07) is 11.9. The summed E-state index contributed by atoms with van der Waals surface area (Å²) in [7, 11) is 0. The van der Waals surface area contributed by atoms with Gasteiger partial charge in [-0.1, -0.05) is 48.6 Å². The van der Waals surface area contributed by atoms with Crippen LogP contribution in [-0.4, -0.2) is 46.2 Å². The highest BCUT2D eigenvalue weighted by atomic mass is 16.6. The lowest BCUT2D eigenvalue weighted by Gasteiger charge is -2.25. The maximum absolute atomic E-state index is 13.1. The maximum Gasteiger partial charge on any atom is 0.330 e. The lowest BCUT2D eigenvalue weighted by Crippen LogP contribution is -2.48. The molecule has 10 nitrogen and oxygen atoms in total. The first-order chi connectivity index (χ1) is 17.3. The Morgan fingerprint density at radius 3 is 2.33 bits per heavy atom. The molecule has 0 bridgehead atoms. The highest BCUT2D eigenvalue weighted by Crippen LogP contribution is 2.36. The van der Waals surface area contributed by atoms with Crippen molar-refractivity contribution in [1.82, 2.24) is 4.90 Å². The van der Waals surface area contributed by atoms with Gasteiger partial charge in [0, 0.05) is 23.7 Å². The third-order valence-corrected chi connectivity index (χ3v) is 6.43. The van der Waals surface area contributed by atoms with Crippen molar-refractivity contribution in [3.63, 3.8) is 0 Å². The second-order valence-electron chi connectivity index (χ2n) is 8.82. The van der Waals surface area contributed by atoms with Gasteiger partial charge in [-0.25, -0.2) is 4.79 Å². The molecule has 2 aromatic carbocycles. The summed E-state index contributed by atoms with van der Waals surface area (Å²) >= 11 is 0. The number of nitro groups is 1. The second-order valence-corrected chi connectivity index (χ2v) is 8.82. The summed E-state index contributed by atoms with van der Waals surface area (Å²) in [4.78, 5) is 63.3. The van der Waals surface area contributed by atoms with Crippen LogP contribution in [0.5, 0.6) is 0 Å². The minimum atomic E-state index is -1.22. The Balaban J connectivity index is 1.47. The van der Waals surface area contributed by atoms with Crippen LogP contribution < -0.4 is 5.32 Å². The molecular formula is C26H25N3O7. The number of ether oxygens (including phenoxy) is 1. The first-order valence-corrected chi connectivity index (χ1v) is 11.5. The van der Waals surface area contributed by atoms with Gasteiger partial charge in [0.15, 0.2) is 6.61 Å². The molecule has 2 aromatic rings. The van der Waals surface area contributed by atoms with Crippen molar-refractivity contribution < 1.29 is 28.8 Å². The molecule has 0 saturated carbocycles. The molecule has 2 aliphatic rings. The lowest BCUT2D eigenvalue weighted by molar-refractivity contribution is -0.385. The molecule has 3 amide bonds. The van der Waals surface area contributed by atoms with Gasteiger partial charge in [-0.05, 0) is 31.4 Å². The molecule has 4 rings (SSSR count). The molecule has 186 valence electrons. The molecule has 1 aliphatic heterocycles. The van der Waals surface area contributed by atoms with Crippen molar-refractivity contribution >= 4 is 35.1 Å². The average Bonchev–Trinajstić information content (AvgIpc) is 3.12. The summed E-state index contributed by atoms with van der Waals surface area (Å²) in [5.74, 6) is -3.43. The number of imide groups is 1. The Morgan fingerprint density at radius 1 is 1.08 bits per heavy atom. The average molecular weight is 492 g/mol. The number of hydrogen-bond donors (Lipinski definition) is 1. The minimum absolute atomic E-state index is 0.0514. The third-order valence-electron chi connectivity index (χ3n) is 6.43. The van der Waals surface area contributed by atoms with E-state index in [-0.39, 0.29) is 17.8 Å². The number of rotatable bonds is 8. The fraction of sp³-hybridized carbons (Fsp3) is 0.308. The molecule has 0 spiro atoms. The zero-order valence-corrected chi connectivity index (χ0v) is 19.6. The van der Waals surface area contributed by atoms with Gasteiger partial charge in [0.1, 0.15) is 6.04 Å². The molecule has 1 fully saturated rings. The Hall–Kier alpha value is -4.34. The zero-order chi connectivity index (χ0) is 25.8. The SMILES string of the molecule is Cc1ccc(NC(=O)COC(=O)[C@H](Cc2ccccc2)N2C(=O)[C@@H]3CC=CC[C@H]3C2=O)cc1[N+](=O)[O-]. The molecule has 1 aliphatic carbocycles. The normalized spacial score (nSPS) is 19.5. The minimum Gasteiger partial charge on any atom is -0.454 e. The highest BCUT2D eigenvalue weighted by molar-refractivity contribution is 6.08. The number of nitro benzene ring substituents is 1. The van der Waals surface area contributed by atoms with Crippen molar-refractivity contribution in [2.45, 2.75) is 32.2 Å². The number of aryl methyl sites for hydroxylation is 1. The molecule has 0 radical (unpaired) electrons. The summed E-state index contributed by atoms with van der Waals surface area (Å²) in [5, 5.41) is 13.6. The molecule has 0 aromatic heterocycles. The van der Waals surface area contributed by atoms with E-state index in [0.29, 0.717) is 18.4 Å².